The van der Waals surface area contributed by atoms with Gasteiger partial charge in [-0.15, -0.1) is 11.3 Å². The fraction of sp³-hybridized carbons (Fsp3) is 0.231. The normalized spacial score (nSPS) is 10.3. The Morgan fingerprint density at radius 3 is 2.89 bits per heavy atom. The number of hydrogen-bond donors (Lipinski definition) is 2. The molecule has 6 heteroatoms. The molecule has 0 aliphatic rings. The number of aromatic nitrogens is 1. The number of thiazole rings is 1. The molecule has 4 nitrogen and oxygen atoms in total. The maximum atomic E-state index is 12.2. The molecule has 100 valence electrons. The van der Waals surface area contributed by atoms with E-state index in [1.165, 1.54) is 11.3 Å². The standard InChI is InChI=1S/C13H14ClN3OS/c1-8-12(19-7-17-8)6-16-13(18)10-5-9(14)3-4-11(10)15-2/h3-5,7,15H,6H2,1-2H3,(H,16,18). The van der Waals surface area contributed by atoms with Crippen molar-refractivity contribution in [2.45, 2.75) is 13.5 Å². The SMILES string of the molecule is CNc1ccc(Cl)cc1C(=O)NCc1scnc1C. The number of benzene rings is 1. The monoisotopic (exact) mass is 295 g/mol. The van der Waals surface area contributed by atoms with Crippen LogP contribution in [0.25, 0.3) is 0 Å². The van der Waals surface area contributed by atoms with Gasteiger partial charge in [0.1, 0.15) is 0 Å². The number of amides is 1. The van der Waals surface area contributed by atoms with Gasteiger partial charge in [0.05, 0.1) is 23.3 Å². The highest BCUT2D eigenvalue weighted by molar-refractivity contribution is 7.09. The fourth-order valence-electron chi connectivity index (χ4n) is 1.67. The first-order valence-electron chi connectivity index (χ1n) is 5.76. The van der Waals surface area contributed by atoms with Gasteiger partial charge in [0.15, 0.2) is 0 Å². The molecule has 0 fully saturated rings. The van der Waals surface area contributed by atoms with E-state index in [0.29, 0.717) is 17.1 Å². The van der Waals surface area contributed by atoms with Crippen LogP contribution in [0.2, 0.25) is 5.02 Å². The van der Waals surface area contributed by atoms with Crippen LogP contribution in [0.15, 0.2) is 23.7 Å². The first kappa shape index (κ1) is 13.8. The Kier molecular flexibility index (Phi) is 4.39. The minimum atomic E-state index is -0.153. The van der Waals surface area contributed by atoms with E-state index in [1.807, 2.05) is 6.92 Å². The van der Waals surface area contributed by atoms with Gasteiger partial charge in [-0.3, -0.25) is 4.79 Å². The molecule has 2 N–H and O–H groups in total. The van der Waals surface area contributed by atoms with E-state index in [4.69, 9.17) is 11.6 Å². The number of carbonyl (C=O) groups excluding carboxylic acids is 1. The molecule has 0 aliphatic carbocycles. The lowest BCUT2D eigenvalue weighted by Crippen LogP contribution is -2.23. The third kappa shape index (κ3) is 3.24. The molecule has 1 aromatic heterocycles. The summed E-state index contributed by atoms with van der Waals surface area (Å²) in [7, 11) is 1.77. The van der Waals surface area contributed by atoms with Crippen molar-refractivity contribution in [1.82, 2.24) is 10.3 Å². The average Bonchev–Trinajstić information content (AvgIpc) is 2.81. The van der Waals surface area contributed by atoms with Crippen molar-refractivity contribution in [3.05, 3.63) is 44.9 Å². The van der Waals surface area contributed by atoms with Gasteiger partial charge in [0.25, 0.3) is 5.91 Å². The lowest BCUT2D eigenvalue weighted by Gasteiger charge is -2.10. The summed E-state index contributed by atoms with van der Waals surface area (Å²) in [4.78, 5) is 17.4. The average molecular weight is 296 g/mol. The second-order valence-corrected chi connectivity index (χ2v) is 5.36. The number of carbonyl (C=O) groups is 1. The summed E-state index contributed by atoms with van der Waals surface area (Å²) in [6.07, 6.45) is 0. The lowest BCUT2D eigenvalue weighted by molar-refractivity contribution is 0.0952. The van der Waals surface area contributed by atoms with Crippen LogP contribution in [0.5, 0.6) is 0 Å². The van der Waals surface area contributed by atoms with Gasteiger partial charge in [-0.2, -0.15) is 0 Å². The van der Waals surface area contributed by atoms with Gasteiger partial charge in [0.2, 0.25) is 0 Å². The van der Waals surface area contributed by atoms with Crippen LogP contribution >= 0.6 is 22.9 Å². The molecular formula is C13H14ClN3OS. The predicted molar refractivity (Wildman–Crippen MR) is 79.0 cm³/mol. The van der Waals surface area contributed by atoms with Gasteiger partial charge in [-0.1, -0.05) is 11.6 Å². The molecule has 0 radical (unpaired) electrons. The maximum Gasteiger partial charge on any atom is 0.253 e. The number of hydrogen-bond acceptors (Lipinski definition) is 4. The third-order valence-corrected chi connectivity index (χ3v) is 3.92. The minimum absolute atomic E-state index is 0.153. The second kappa shape index (κ2) is 6.04. The topological polar surface area (TPSA) is 54.0 Å². The molecular weight excluding hydrogens is 282 g/mol. The van der Waals surface area contributed by atoms with Crippen molar-refractivity contribution in [3.63, 3.8) is 0 Å². The van der Waals surface area contributed by atoms with Crippen molar-refractivity contribution < 1.29 is 4.79 Å². The molecule has 1 amide bonds. The zero-order valence-electron chi connectivity index (χ0n) is 10.7. The fourth-order valence-corrected chi connectivity index (χ4v) is 2.56. The maximum absolute atomic E-state index is 12.2. The number of anilines is 1. The Labute approximate surface area is 120 Å². The van der Waals surface area contributed by atoms with Crippen LogP contribution in [-0.2, 0) is 6.54 Å². The van der Waals surface area contributed by atoms with Gasteiger partial charge >= 0.3 is 0 Å². The second-order valence-electron chi connectivity index (χ2n) is 3.98. The highest BCUT2D eigenvalue weighted by Crippen LogP contribution is 2.20. The van der Waals surface area contributed by atoms with E-state index >= 15 is 0 Å². The van der Waals surface area contributed by atoms with Crippen LogP contribution in [0.3, 0.4) is 0 Å². The molecule has 0 aliphatic heterocycles. The zero-order chi connectivity index (χ0) is 13.8. The molecule has 0 bridgehead atoms. The van der Waals surface area contributed by atoms with Gasteiger partial charge in [0, 0.05) is 22.6 Å². The van der Waals surface area contributed by atoms with Gasteiger partial charge in [-0.25, -0.2) is 4.98 Å². The Hall–Kier alpha value is -1.59. The summed E-state index contributed by atoms with van der Waals surface area (Å²) in [6, 6.07) is 5.19. The predicted octanol–water partition coefficient (Wildman–Crippen LogP) is 3.08. The van der Waals surface area contributed by atoms with Crippen LogP contribution in [0.4, 0.5) is 5.69 Å². The molecule has 0 unspecified atom stereocenters. The van der Waals surface area contributed by atoms with Gasteiger partial charge < -0.3 is 10.6 Å². The van der Waals surface area contributed by atoms with E-state index in [1.54, 1.807) is 30.8 Å². The molecule has 0 saturated carbocycles. The molecule has 2 aromatic rings. The molecule has 2 rings (SSSR count). The summed E-state index contributed by atoms with van der Waals surface area (Å²) in [5.74, 6) is -0.153. The zero-order valence-corrected chi connectivity index (χ0v) is 12.2. The molecule has 0 saturated heterocycles. The Morgan fingerprint density at radius 2 is 2.26 bits per heavy atom. The Morgan fingerprint density at radius 1 is 1.47 bits per heavy atom. The number of halogens is 1. The van der Waals surface area contributed by atoms with Crippen molar-refractivity contribution in [1.29, 1.82) is 0 Å². The molecule has 1 aromatic carbocycles. The highest BCUT2D eigenvalue weighted by atomic mass is 35.5. The lowest BCUT2D eigenvalue weighted by atomic mass is 10.1. The quantitative estimate of drug-likeness (QED) is 0.911. The van der Waals surface area contributed by atoms with Crippen molar-refractivity contribution in [2.75, 3.05) is 12.4 Å². The summed E-state index contributed by atoms with van der Waals surface area (Å²) in [5, 5.41) is 6.40. The van der Waals surface area contributed by atoms with Crippen molar-refractivity contribution in [3.8, 4) is 0 Å². The summed E-state index contributed by atoms with van der Waals surface area (Å²) in [6.45, 7) is 2.40. The van der Waals surface area contributed by atoms with Crippen LogP contribution in [-0.4, -0.2) is 17.9 Å². The summed E-state index contributed by atoms with van der Waals surface area (Å²) < 4.78 is 0. The largest absolute Gasteiger partial charge is 0.387 e. The number of rotatable bonds is 4. The Bertz CT molecular complexity index is 597. The smallest absolute Gasteiger partial charge is 0.253 e. The Balaban J connectivity index is 2.12. The van der Waals surface area contributed by atoms with E-state index in [9.17, 15) is 4.79 Å². The number of nitrogens with zero attached hydrogens (tertiary/aromatic N) is 1. The van der Waals surface area contributed by atoms with E-state index in [2.05, 4.69) is 15.6 Å². The van der Waals surface area contributed by atoms with Crippen molar-refractivity contribution >= 4 is 34.5 Å². The number of nitrogens with one attached hydrogen (secondary N) is 2. The van der Waals surface area contributed by atoms with Crippen LogP contribution < -0.4 is 10.6 Å². The summed E-state index contributed by atoms with van der Waals surface area (Å²) >= 11 is 7.46. The first-order valence-corrected chi connectivity index (χ1v) is 7.02. The van der Waals surface area contributed by atoms with Gasteiger partial charge in [-0.05, 0) is 25.1 Å². The van der Waals surface area contributed by atoms with E-state index in [0.717, 1.165) is 16.3 Å². The van der Waals surface area contributed by atoms with Crippen LogP contribution in [0.1, 0.15) is 20.9 Å². The highest BCUT2D eigenvalue weighted by Gasteiger charge is 2.12. The van der Waals surface area contributed by atoms with Crippen molar-refractivity contribution in [2.24, 2.45) is 0 Å². The molecule has 0 atom stereocenters. The minimum Gasteiger partial charge on any atom is -0.387 e. The molecule has 0 spiro atoms. The molecule has 19 heavy (non-hydrogen) atoms. The first-order chi connectivity index (χ1) is 9.11. The third-order valence-electron chi connectivity index (χ3n) is 2.75. The molecule has 1 heterocycles. The number of aryl methyl sites for hydroxylation is 1. The van der Waals surface area contributed by atoms with E-state index in [-0.39, 0.29) is 5.91 Å². The van der Waals surface area contributed by atoms with E-state index < -0.39 is 0 Å². The van der Waals surface area contributed by atoms with Crippen LogP contribution in [0, 0.1) is 6.92 Å². The summed E-state index contributed by atoms with van der Waals surface area (Å²) in [5.41, 5.74) is 4.01.